The Labute approximate surface area is 168 Å². The molecule has 0 unspecified atom stereocenters. The third-order valence-corrected chi connectivity index (χ3v) is 5.62. The van der Waals surface area contributed by atoms with Crippen LogP contribution in [0.2, 0.25) is 0 Å². The van der Waals surface area contributed by atoms with Gasteiger partial charge in [0.05, 0.1) is 22.9 Å². The molecule has 3 rings (SSSR count). The van der Waals surface area contributed by atoms with Crippen LogP contribution in [-0.2, 0) is 9.53 Å². The van der Waals surface area contributed by atoms with Crippen LogP contribution in [0.25, 0.3) is 10.9 Å². The van der Waals surface area contributed by atoms with Crippen molar-refractivity contribution in [3.63, 3.8) is 0 Å². The summed E-state index contributed by atoms with van der Waals surface area (Å²) in [6, 6.07) is 1.68. The summed E-state index contributed by atoms with van der Waals surface area (Å²) < 4.78 is 5.33. The molecule has 1 fully saturated rings. The quantitative estimate of drug-likeness (QED) is 0.337. The number of methoxy groups -OCH3 is 1. The zero-order chi connectivity index (χ0) is 21.2. The third-order valence-electron chi connectivity index (χ3n) is 5.62. The Hall–Kier alpha value is -2.56. The minimum atomic E-state index is -1.16. The lowest BCUT2D eigenvalue weighted by Gasteiger charge is -2.35. The first-order valence-electron chi connectivity index (χ1n) is 9.60. The number of fused-ring (bicyclic) bond motifs is 1. The molecule has 0 radical (unpaired) electrons. The van der Waals surface area contributed by atoms with Crippen molar-refractivity contribution in [1.29, 1.82) is 0 Å². The second-order valence-corrected chi connectivity index (χ2v) is 8.19. The summed E-state index contributed by atoms with van der Waals surface area (Å²) in [5.74, 6) is 5.04. The number of hydrazine groups is 1. The number of carboxylic acid groups (broad SMARTS) is 1. The molecule has 0 bridgehead atoms. The van der Waals surface area contributed by atoms with Crippen LogP contribution in [0.5, 0.6) is 0 Å². The molecule has 1 aliphatic rings. The molecule has 0 spiro atoms. The highest BCUT2D eigenvalue weighted by molar-refractivity contribution is 5.83. The highest BCUT2D eigenvalue weighted by Crippen LogP contribution is 2.41. The zero-order valence-electron chi connectivity index (χ0n) is 16.9. The first-order valence-corrected chi connectivity index (χ1v) is 9.60. The predicted octanol–water partition coefficient (Wildman–Crippen LogP) is 1.10. The van der Waals surface area contributed by atoms with E-state index >= 15 is 0 Å². The molecular formula is C19H28N6O4. The Morgan fingerprint density at radius 3 is 2.72 bits per heavy atom. The number of nitrogens with zero attached hydrogens (tertiary/aromatic N) is 2. The van der Waals surface area contributed by atoms with E-state index in [1.165, 1.54) is 13.4 Å². The highest BCUT2D eigenvalue weighted by Gasteiger charge is 2.43. The number of carbonyl (C=O) groups is 1. The number of aromatic amines is 1. The lowest BCUT2D eigenvalue weighted by atomic mass is 9.77. The molecule has 0 amide bonds. The van der Waals surface area contributed by atoms with Gasteiger partial charge in [-0.05, 0) is 45.6 Å². The van der Waals surface area contributed by atoms with Crippen molar-refractivity contribution < 1.29 is 14.6 Å². The molecular weight excluding hydrogens is 376 g/mol. The Kier molecular flexibility index (Phi) is 5.87. The van der Waals surface area contributed by atoms with Crippen molar-refractivity contribution in [1.82, 2.24) is 20.4 Å². The molecule has 0 aromatic carbocycles. The number of aliphatic carboxylic acids is 1. The van der Waals surface area contributed by atoms with Crippen molar-refractivity contribution in [2.45, 2.75) is 56.6 Å². The van der Waals surface area contributed by atoms with E-state index in [2.05, 4.69) is 20.7 Å². The molecule has 158 valence electrons. The van der Waals surface area contributed by atoms with E-state index in [0.717, 1.165) is 0 Å². The fourth-order valence-electron chi connectivity index (χ4n) is 3.96. The van der Waals surface area contributed by atoms with Gasteiger partial charge < -0.3 is 20.1 Å². The topological polar surface area (TPSA) is 155 Å². The maximum atomic E-state index is 12.4. The number of nitrogens with one attached hydrogen (secondary N) is 3. The van der Waals surface area contributed by atoms with E-state index in [-0.39, 0.29) is 11.5 Å². The van der Waals surface area contributed by atoms with Crippen LogP contribution in [0.15, 0.2) is 17.2 Å². The minimum absolute atomic E-state index is 0.0214. The van der Waals surface area contributed by atoms with Gasteiger partial charge in [-0.15, -0.1) is 0 Å². The van der Waals surface area contributed by atoms with Crippen molar-refractivity contribution in [2.75, 3.05) is 19.0 Å². The molecule has 6 N–H and O–H groups in total. The number of hydrogen-bond donors (Lipinski definition) is 5. The molecule has 2 aromatic rings. The minimum Gasteiger partial charge on any atom is -0.479 e. The number of anilines is 1. The monoisotopic (exact) mass is 404 g/mol. The largest absolute Gasteiger partial charge is 0.479 e. The van der Waals surface area contributed by atoms with Gasteiger partial charge in [-0.1, -0.05) is 0 Å². The fraction of sp³-hybridized carbons (Fsp3) is 0.579. The number of pyridine rings is 1. The normalized spacial score (nSPS) is 22.6. The van der Waals surface area contributed by atoms with Gasteiger partial charge in [0.2, 0.25) is 0 Å². The van der Waals surface area contributed by atoms with Crippen molar-refractivity contribution in [3.8, 4) is 0 Å². The first-order chi connectivity index (χ1) is 13.7. The van der Waals surface area contributed by atoms with E-state index in [0.29, 0.717) is 54.6 Å². The zero-order valence-corrected chi connectivity index (χ0v) is 16.9. The molecule has 1 aliphatic carbocycles. The standard InChI is InChI=1S/C19H28N6O4/c1-18(2,9-23-20)25-13-8-12-15(21-10-22-16(12)26)14(24-13)11-4-6-19(29-3,7-5-11)17(27)28/h8,10-11,23H,4-7,9,20H2,1-3H3,(H,24,25)(H,27,28)(H,21,22,26). The van der Waals surface area contributed by atoms with Gasteiger partial charge in [-0.3, -0.25) is 16.1 Å². The van der Waals surface area contributed by atoms with E-state index in [1.54, 1.807) is 6.07 Å². The van der Waals surface area contributed by atoms with Gasteiger partial charge in [0.15, 0.2) is 5.60 Å². The number of rotatable bonds is 7. The number of H-pyrrole nitrogens is 1. The molecule has 10 nitrogen and oxygen atoms in total. The predicted molar refractivity (Wildman–Crippen MR) is 109 cm³/mol. The summed E-state index contributed by atoms with van der Waals surface area (Å²) in [6.07, 6.45) is 3.26. The first kappa shape index (κ1) is 21.2. The van der Waals surface area contributed by atoms with Gasteiger partial charge in [0, 0.05) is 25.1 Å². The SMILES string of the molecule is COC1(C(=O)O)CCC(c2nc(NC(C)(C)CNN)cc3c(=O)[nH]cnc23)CC1. The summed E-state index contributed by atoms with van der Waals surface area (Å²) in [6.45, 7) is 4.42. The molecule has 29 heavy (non-hydrogen) atoms. The molecule has 1 saturated carbocycles. The summed E-state index contributed by atoms with van der Waals surface area (Å²) in [5, 5.41) is 13.3. The second-order valence-electron chi connectivity index (χ2n) is 8.19. The lowest BCUT2D eigenvalue weighted by molar-refractivity contribution is -0.166. The number of nitrogens with two attached hydrogens (primary N) is 1. The van der Waals surface area contributed by atoms with Crippen LogP contribution in [-0.4, -0.2) is 50.8 Å². The molecule has 2 aromatic heterocycles. The molecule has 10 heteroatoms. The second kappa shape index (κ2) is 8.05. The van der Waals surface area contributed by atoms with Gasteiger partial charge in [-0.2, -0.15) is 0 Å². The van der Waals surface area contributed by atoms with Gasteiger partial charge in [-0.25, -0.2) is 14.8 Å². The average Bonchev–Trinajstić information content (AvgIpc) is 2.67. The Balaban J connectivity index is 2.00. The van der Waals surface area contributed by atoms with Crippen LogP contribution in [0.4, 0.5) is 5.82 Å². The summed E-state index contributed by atoms with van der Waals surface area (Å²) in [7, 11) is 1.43. The van der Waals surface area contributed by atoms with Gasteiger partial charge >= 0.3 is 5.97 Å². The average molecular weight is 404 g/mol. The fourth-order valence-corrected chi connectivity index (χ4v) is 3.96. The van der Waals surface area contributed by atoms with Crippen molar-refractivity contribution >= 4 is 22.7 Å². The van der Waals surface area contributed by atoms with Crippen LogP contribution < -0.4 is 22.1 Å². The molecule has 0 atom stereocenters. The maximum Gasteiger partial charge on any atom is 0.335 e. The van der Waals surface area contributed by atoms with Crippen molar-refractivity contribution in [2.24, 2.45) is 5.84 Å². The highest BCUT2D eigenvalue weighted by atomic mass is 16.5. The van der Waals surface area contributed by atoms with Gasteiger partial charge in [0.1, 0.15) is 5.82 Å². The number of carboxylic acids is 1. The Bertz CT molecular complexity index is 949. The number of ether oxygens (including phenoxy) is 1. The van der Waals surface area contributed by atoms with E-state index in [1.807, 2.05) is 13.8 Å². The summed E-state index contributed by atoms with van der Waals surface area (Å²) in [5.41, 5.74) is 2.07. The van der Waals surface area contributed by atoms with Crippen LogP contribution in [0.1, 0.15) is 51.1 Å². The van der Waals surface area contributed by atoms with E-state index < -0.39 is 17.1 Å². The molecule has 0 aliphatic heterocycles. The molecule has 2 heterocycles. The van der Waals surface area contributed by atoms with Gasteiger partial charge in [0.25, 0.3) is 5.56 Å². The number of hydrogen-bond acceptors (Lipinski definition) is 8. The molecule has 0 saturated heterocycles. The Morgan fingerprint density at radius 1 is 1.45 bits per heavy atom. The van der Waals surface area contributed by atoms with Crippen molar-refractivity contribution in [3.05, 3.63) is 28.4 Å². The Morgan fingerprint density at radius 2 is 2.14 bits per heavy atom. The smallest absolute Gasteiger partial charge is 0.335 e. The van der Waals surface area contributed by atoms with Crippen LogP contribution >= 0.6 is 0 Å². The van der Waals surface area contributed by atoms with E-state index in [9.17, 15) is 14.7 Å². The van der Waals surface area contributed by atoms with Crippen LogP contribution in [0.3, 0.4) is 0 Å². The summed E-state index contributed by atoms with van der Waals surface area (Å²) >= 11 is 0. The van der Waals surface area contributed by atoms with E-state index in [4.69, 9.17) is 15.6 Å². The lowest BCUT2D eigenvalue weighted by Crippen LogP contribution is -2.45. The number of aromatic nitrogens is 3. The summed E-state index contributed by atoms with van der Waals surface area (Å²) in [4.78, 5) is 35.8. The maximum absolute atomic E-state index is 12.4. The third kappa shape index (κ3) is 4.24. The van der Waals surface area contributed by atoms with Crippen LogP contribution in [0, 0.1) is 0 Å².